The molecule has 1 fully saturated rings. The molecule has 0 aromatic heterocycles. The lowest BCUT2D eigenvalue weighted by atomic mass is 10.0. The van der Waals surface area contributed by atoms with E-state index in [1.165, 1.54) is 12.1 Å². The fraction of sp³-hybridized carbons (Fsp3) is 0.562. The first kappa shape index (κ1) is 17.9. The summed E-state index contributed by atoms with van der Waals surface area (Å²) in [6, 6.07) is 6.50. The quantitative estimate of drug-likeness (QED) is 0.845. The Hall–Kier alpha value is -1.44. The molecular formula is C16H25N3O3S. The van der Waals surface area contributed by atoms with Gasteiger partial charge >= 0.3 is 0 Å². The third-order valence-corrected chi connectivity index (χ3v) is 5.63. The first-order valence-corrected chi connectivity index (χ1v) is 9.40. The zero-order chi connectivity index (χ0) is 17.0. The van der Waals surface area contributed by atoms with Gasteiger partial charge in [-0.2, -0.15) is 0 Å². The molecule has 0 spiro atoms. The second kappa shape index (κ2) is 7.42. The Morgan fingerprint density at radius 3 is 2.48 bits per heavy atom. The van der Waals surface area contributed by atoms with E-state index >= 15 is 0 Å². The third kappa shape index (κ3) is 4.53. The van der Waals surface area contributed by atoms with Crippen molar-refractivity contribution >= 4 is 15.9 Å². The van der Waals surface area contributed by atoms with Crippen molar-refractivity contribution in [1.29, 1.82) is 0 Å². The molecule has 7 heteroatoms. The molecule has 1 aliphatic heterocycles. The zero-order valence-corrected chi connectivity index (χ0v) is 14.7. The van der Waals surface area contributed by atoms with Gasteiger partial charge in [-0.05, 0) is 51.9 Å². The third-order valence-electron chi connectivity index (χ3n) is 3.97. The molecule has 0 radical (unpaired) electrons. The van der Waals surface area contributed by atoms with E-state index in [2.05, 4.69) is 10.0 Å². The van der Waals surface area contributed by atoms with Crippen LogP contribution in [0.3, 0.4) is 0 Å². The number of hydrogen-bond acceptors (Lipinski definition) is 4. The summed E-state index contributed by atoms with van der Waals surface area (Å²) in [5.41, 5.74) is 0.416. The minimum absolute atomic E-state index is 0.110. The van der Waals surface area contributed by atoms with Gasteiger partial charge in [0, 0.05) is 30.7 Å². The fourth-order valence-electron chi connectivity index (χ4n) is 2.73. The van der Waals surface area contributed by atoms with Crippen molar-refractivity contribution in [3.8, 4) is 0 Å². The van der Waals surface area contributed by atoms with Crippen LogP contribution in [0.1, 0.15) is 37.0 Å². The Bertz CT molecular complexity index is 650. The van der Waals surface area contributed by atoms with E-state index < -0.39 is 10.0 Å². The normalized spacial score (nSPS) is 16.8. The van der Waals surface area contributed by atoms with Crippen LogP contribution in [-0.4, -0.2) is 51.4 Å². The second-order valence-electron chi connectivity index (χ2n) is 6.16. The van der Waals surface area contributed by atoms with Gasteiger partial charge in [-0.15, -0.1) is 0 Å². The summed E-state index contributed by atoms with van der Waals surface area (Å²) >= 11 is 0. The molecule has 0 atom stereocenters. The molecule has 0 bridgehead atoms. The van der Waals surface area contributed by atoms with Crippen LogP contribution in [0.5, 0.6) is 0 Å². The first-order valence-electron chi connectivity index (χ1n) is 7.92. The molecule has 6 nitrogen and oxygen atoms in total. The van der Waals surface area contributed by atoms with Crippen molar-refractivity contribution in [2.75, 3.05) is 20.1 Å². The summed E-state index contributed by atoms with van der Waals surface area (Å²) < 4.78 is 27.0. The van der Waals surface area contributed by atoms with Crippen molar-refractivity contribution in [1.82, 2.24) is 14.9 Å². The lowest BCUT2D eigenvalue weighted by molar-refractivity contribution is 0.0707. The number of carbonyl (C=O) groups excluding carboxylic acids is 1. The minimum Gasteiger partial charge on any atom is -0.339 e. The molecule has 0 aliphatic carbocycles. The van der Waals surface area contributed by atoms with Crippen LogP contribution in [0.4, 0.5) is 0 Å². The van der Waals surface area contributed by atoms with Crippen molar-refractivity contribution in [2.45, 2.75) is 43.7 Å². The molecule has 1 aliphatic rings. The lowest BCUT2D eigenvalue weighted by Gasteiger charge is -2.32. The Balaban J connectivity index is 2.15. The summed E-state index contributed by atoms with van der Waals surface area (Å²) in [4.78, 5) is 14.5. The summed E-state index contributed by atoms with van der Waals surface area (Å²) in [5.74, 6) is -0.110. The van der Waals surface area contributed by atoms with Gasteiger partial charge in [0.05, 0.1) is 4.90 Å². The predicted octanol–water partition coefficient (Wildman–Crippen LogP) is 1.20. The van der Waals surface area contributed by atoms with Crippen molar-refractivity contribution in [3.05, 3.63) is 29.8 Å². The highest BCUT2D eigenvalue weighted by Crippen LogP contribution is 2.17. The highest BCUT2D eigenvalue weighted by molar-refractivity contribution is 7.89. The Labute approximate surface area is 138 Å². The number of benzene rings is 1. The van der Waals surface area contributed by atoms with Crippen LogP contribution in [0.25, 0.3) is 0 Å². The van der Waals surface area contributed by atoms with Crippen LogP contribution >= 0.6 is 0 Å². The van der Waals surface area contributed by atoms with E-state index in [1.54, 1.807) is 30.9 Å². The van der Waals surface area contributed by atoms with Crippen LogP contribution in [-0.2, 0) is 10.0 Å². The largest absolute Gasteiger partial charge is 0.339 e. The van der Waals surface area contributed by atoms with Gasteiger partial charge in [0.15, 0.2) is 0 Å². The molecule has 1 aromatic rings. The molecule has 0 unspecified atom stereocenters. The van der Waals surface area contributed by atoms with Crippen LogP contribution in [0.2, 0.25) is 0 Å². The fourth-order valence-corrected chi connectivity index (χ4v) is 4.02. The van der Waals surface area contributed by atoms with Crippen molar-refractivity contribution in [3.63, 3.8) is 0 Å². The molecule has 2 N–H and O–H groups in total. The van der Waals surface area contributed by atoms with Gasteiger partial charge < -0.3 is 10.2 Å². The Morgan fingerprint density at radius 1 is 1.26 bits per heavy atom. The second-order valence-corrected chi connectivity index (χ2v) is 7.87. The number of piperidine rings is 1. The van der Waals surface area contributed by atoms with E-state index in [0.29, 0.717) is 24.7 Å². The molecule has 1 aromatic carbocycles. The topological polar surface area (TPSA) is 78.5 Å². The number of hydrogen-bond donors (Lipinski definition) is 2. The molecule has 1 heterocycles. The zero-order valence-electron chi connectivity index (χ0n) is 13.9. The standard InChI is InChI=1S/C16H25N3O3S/c1-12(2)18-23(21,22)15-6-4-5-13(11-15)16(20)19-9-7-14(17-3)8-10-19/h4-6,11-12,14,17-18H,7-10H2,1-3H3. The van der Waals surface area contributed by atoms with Gasteiger partial charge in [-0.3, -0.25) is 4.79 Å². The number of rotatable bonds is 5. The van der Waals surface area contributed by atoms with E-state index in [0.717, 1.165) is 12.8 Å². The van der Waals surface area contributed by atoms with E-state index in [9.17, 15) is 13.2 Å². The number of sulfonamides is 1. The number of carbonyl (C=O) groups is 1. The van der Waals surface area contributed by atoms with Gasteiger partial charge in [0.2, 0.25) is 10.0 Å². The van der Waals surface area contributed by atoms with Crippen LogP contribution in [0.15, 0.2) is 29.2 Å². The minimum atomic E-state index is -3.59. The lowest BCUT2D eigenvalue weighted by Crippen LogP contribution is -2.44. The molecule has 1 saturated heterocycles. The molecule has 0 saturated carbocycles. The van der Waals surface area contributed by atoms with Crippen molar-refractivity contribution in [2.24, 2.45) is 0 Å². The number of likely N-dealkylation sites (tertiary alicyclic amines) is 1. The summed E-state index contributed by atoms with van der Waals surface area (Å²) in [7, 11) is -1.66. The highest BCUT2D eigenvalue weighted by atomic mass is 32.2. The molecule has 23 heavy (non-hydrogen) atoms. The van der Waals surface area contributed by atoms with Crippen molar-refractivity contribution < 1.29 is 13.2 Å². The van der Waals surface area contributed by atoms with Gasteiger partial charge in [-0.1, -0.05) is 6.07 Å². The van der Waals surface area contributed by atoms with Gasteiger partial charge in [0.1, 0.15) is 0 Å². The maximum absolute atomic E-state index is 12.6. The molecule has 2 rings (SSSR count). The number of nitrogens with zero attached hydrogens (tertiary/aromatic N) is 1. The van der Waals surface area contributed by atoms with E-state index in [1.807, 2.05) is 7.05 Å². The predicted molar refractivity (Wildman–Crippen MR) is 89.9 cm³/mol. The van der Waals surface area contributed by atoms with E-state index in [4.69, 9.17) is 0 Å². The smallest absolute Gasteiger partial charge is 0.253 e. The monoisotopic (exact) mass is 339 g/mol. The van der Waals surface area contributed by atoms with E-state index in [-0.39, 0.29) is 16.8 Å². The Morgan fingerprint density at radius 2 is 1.91 bits per heavy atom. The van der Waals surface area contributed by atoms with Crippen LogP contribution < -0.4 is 10.0 Å². The van der Waals surface area contributed by atoms with Gasteiger partial charge in [-0.25, -0.2) is 13.1 Å². The maximum atomic E-state index is 12.6. The summed E-state index contributed by atoms with van der Waals surface area (Å²) in [6.45, 7) is 4.90. The van der Waals surface area contributed by atoms with Gasteiger partial charge in [0.25, 0.3) is 5.91 Å². The van der Waals surface area contributed by atoms with Crippen LogP contribution in [0, 0.1) is 0 Å². The number of nitrogens with one attached hydrogen (secondary N) is 2. The first-order chi connectivity index (χ1) is 10.8. The SMILES string of the molecule is CNC1CCN(C(=O)c2cccc(S(=O)(=O)NC(C)C)c2)CC1. The average Bonchev–Trinajstić information content (AvgIpc) is 2.53. The maximum Gasteiger partial charge on any atom is 0.253 e. The molecule has 128 valence electrons. The molecular weight excluding hydrogens is 314 g/mol. The highest BCUT2D eigenvalue weighted by Gasteiger charge is 2.24. The average molecular weight is 339 g/mol. The summed E-state index contributed by atoms with van der Waals surface area (Å²) in [6.07, 6.45) is 1.82. The molecule has 1 amide bonds. The number of amides is 1. The summed E-state index contributed by atoms with van der Waals surface area (Å²) in [5, 5.41) is 3.22. The Kier molecular flexibility index (Phi) is 5.78.